The van der Waals surface area contributed by atoms with Crippen molar-refractivity contribution >= 4 is 0 Å². The molecule has 0 bridgehead atoms. The van der Waals surface area contributed by atoms with Crippen LogP contribution in [0.5, 0.6) is 0 Å². The summed E-state index contributed by atoms with van der Waals surface area (Å²) in [6.07, 6.45) is 0. The molecule has 0 radical (unpaired) electrons. The number of rotatable bonds is 0. The van der Waals surface area contributed by atoms with Gasteiger partial charge in [0.25, 0.3) is 0 Å². The van der Waals surface area contributed by atoms with E-state index in [1.807, 2.05) is 0 Å². The molecule has 0 N–H and O–H groups in total. The van der Waals surface area contributed by atoms with E-state index in [0.29, 0.717) is 0 Å². The minimum Gasteiger partial charge on any atom is -1.00 e. The summed E-state index contributed by atoms with van der Waals surface area (Å²) < 4.78 is 25.6. The molecule has 3 nitrogen and oxygen atoms in total. The molecule has 0 heterocycles. The van der Waals surface area contributed by atoms with Crippen molar-refractivity contribution in [1.29, 1.82) is 0 Å². The molecule has 0 aromatic heterocycles. The Bertz CT molecular complexity index is 17.7. The molecule has 0 amide bonds. The summed E-state index contributed by atoms with van der Waals surface area (Å²) in [6, 6.07) is 0. The first kappa shape index (κ1) is 22.5. The maximum Gasteiger partial charge on any atom is 1.00 e. The zero-order chi connectivity index (χ0) is 3.58. The van der Waals surface area contributed by atoms with Crippen LogP contribution in [0.25, 0.3) is 0 Å². The molecule has 34 valence electrons. The Balaban J connectivity index is -0.0000000150. The fourth-order valence-electron chi connectivity index (χ4n) is 0. The first-order chi connectivity index (χ1) is 1.73. The summed E-state index contributed by atoms with van der Waals surface area (Å²) in [5.41, 5.74) is 0. The predicted octanol–water partition coefficient (Wildman–Crippen LogP) is -12.6. The third-order valence-corrected chi connectivity index (χ3v) is 0. The third kappa shape index (κ3) is 38.1. The van der Waals surface area contributed by atoms with Crippen LogP contribution in [0.1, 0.15) is 0 Å². The fraction of sp³-hybridized carbons (Fsp3) is 0. The van der Waals surface area contributed by atoms with Gasteiger partial charge in [-0.05, 0) is 0 Å². The molecule has 0 aliphatic heterocycles. The molecule has 0 unspecified atom stereocenters. The van der Waals surface area contributed by atoms with Gasteiger partial charge in [-0.15, -0.1) is 0 Å². The maximum atomic E-state index is 8.52. The minimum absolute atomic E-state index is 0. The Hall–Kier alpha value is 4.36. The van der Waals surface area contributed by atoms with Gasteiger partial charge in [0.1, 0.15) is 0 Å². The third-order valence-electron chi connectivity index (χ3n) is 0. The van der Waals surface area contributed by atoms with Gasteiger partial charge in [0.05, 0.1) is 0 Å². The van der Waals surface area contributed by atoms with E-state index in [1.54, 1.807) is 0 Å². The average Bonchev–Trinajstić information content (AvgIpc) is 0.811. The van der Waals surface area contributed by atoms with E-state index < -0.39 is 14.8 Å². The summed E-state index contributed by atoms with van der Waals surface area (Å²) in [4.78, 5) is 0. The standard InChI is InChI=1S/BrO3.HI.2K/c2-1(3)4;;;/h;1H;;/q-1;;2*+1/p-1. The normalized spacial score (nSPS) is 5.14. The van der Waals surface area contributed by atoms with Crippen molar-refractivity contribution in [3.8, 4) is 0 Å². The molecule has 7 heavy (non-hydrogen) atoms. The van der Waals surface area contributed by atoms with E-state index in [2.05, 4.69) is 0 Å². The second-order valence-corrected chi connectivity index (χ2v) is 0.982. The first-order valence-electron chi connectivity index (χ1n) is 0.463. The van der Waals surface area contributed by atoms with Crippen LogP contribution in [0.2, 0.25) is 0 Å². The Kier molecular flexibility index (Phi) is 53.9. The molecule has 0 spiro atoms. The van der Waals surface area contributed by atoms with Gasteiger partial charge in [-0.1, -0.05) is 0 Å². The van der Waals surface area contributed by atoms with Crippen LogP contribution in [0.15, 0.2) is 0 Å². The second-order valence-electron chi connectivity index (χ2n) is 0.189. The van der Waals surface area contributed by atoms with E-state index in [4.69, 9.17) is 12.6 Å². The zero-order valence-electron chi connectivity index (χ0n) is 3.98. The van der Waals surface area contributed by atoms with Gasteiger partial charge in [0, 0.05) is 0 Å². The molecule has 0 saturated heterocycles. The smallest absolute Gasteiger partial charge is 1.00 e. The molecule has 0 fully saturated rings. The van der Waals surface area contributed by atoms with E-state index in [9.17, 15) is 0 Å². The molecule has 0 aliphatic carbocycles. The SMILES string of the molecule is [I-].[K+].[K+].[O-][Br+2]([O-])[O-]. The minimum atomic E-state index is -3.65. The van der Waals surface area contributed by atoms with Crippen LogP contribution < -0.4 is 139 Å². The quantitative estimate of drug-likeness (QED) is 0.327. The molecule has 0 aromatic carbocycles. The van der Waals surface area contributed by atoms with Crippen molar-refractivity contribution in [1.82, 2.24) is 0 Å². The predicted molar refractivity (Wildman–Crippen MR) is 0 cm³/mol. The summed E-state index contributed by atoms with van der Waals surface area (Å²) >= 11 is -3.65. The van der Waals surface area contributed by atoms with E-state index >= 15 is 0 Å². The van der Waals surface area contributed by atoms with Gasteiger partial charge in [-0.25, -0.2) is 0 Å². The van der Waals surface area contributed by atoms with Crippen molar-refractivity contribution in [2.45, 2.75) is 0 Å². The molecule has 0 atom stereocenters. The topological polar surface area (TPSA) is 69.2 Å². The first-order valence-corrected chi connectivity index (χ1v) is 2.41. The molecule has 0 saturated carbocycles. The van der Waals surface area contributed by atoms with Crippen LogP contribution in [0.3, 0.4) is 0 Å². The number of hydrogen-bond acceptors (Lipinski definition) is 3. The van der Waals surface area contributed by atoms with Crippen molar-refractivity contribution < 1.29 is 154 Å². The van der Waals surface area contributed by atoms with E-state index in [0.717, 1.165) is 0 Å². The molecule has 0 aromatic rings. The molecule has 0 aliphatic rings. The van der Waals surface area contributed by atoms with Crippen LogP contribution in [0.4, 0.5) is 0 Å². The number of hydrogen-bond donors (Lipinski definition) is 0. The monoisotopic (exact) mass is 332 g/mol. The second kappa shape index (κ2) is 16.8. The van der Waals surface area contributed by atoms with Gasteiger partial charge >= 0.3 is 103 Å². The van der Waals surface area contributed by atoms with Crippen LogP contribution >= 0.6 is 0 Å². The van der Waals surface area contributed by atoms with Gasteiger partial charge in [-0.2, -0.15) is 0 Å². The van der Waals surface area contributed by atoms with Crippen molar-refractivity contribution in [2.24, 2.45) is 0 Å². The van der Waals surface area contributed by atoms with Gasteiger partial charge in [-0.3, -0.25) is 0 Å². The van der Waals surface area contributed by atoms with Gasteiger partial charge in [0.2, 0.25) is 14.8 Å². The Morgan fingerprint density at radius 3 is 0.857 bits per heavy atom. The maximum absolute atomic E-state index is 8.52. The van der Waals surface area contributed by atoms with Crippen molar-refractivity contribution in [3.63, 3.8) is 0 Å². The zero-order valence-corrected chi connectivity index (χ0v) is 14.0. The van der Waals surface area contributed by atoms with Crippen LogP contribution in [-0.4, -0.2) is 0 Å². The Labute approximate surface area is 149 Å². The van der Waals surface area contributed by atoms with Gasteiger partial charge < -0.3 is 36.6 Å². The number of halogens is 2. The summed E-state index contributed by atoms with van der Waals surface area (Å²) in [5, 5.41) is 0. The molecular formula is BrIK2O3. The Morgan fingerprint density at radius 2 is 0.857 bits per heavy atom. The summed E-state index contributed by atoms with van der Waals surface area (Å²) in [6.45, 7) is 0. The fourth-order valence-corrected chi connectivity index (χ4v) is 0. The average molecular weight is 333 g/mol. The van der Waals surface area contributed by atoms with Gasteiger partial charge in [0.15, 0.2) is 0 Å². The van der Waals surface area contributed by atoms with Crippen LogP contribution in [0, 0.1) is 14.8 Å². The molecule has 0 rings (SSSR count). The Morgan fingerprint density at radius 1 is 0.857 bits per heavy atom. The van der Waals surface area contributed by atoms with Crippen LogP contribution in [-0.2, 0) is 0 Å². The molecular weight excluding hydrogens is 333 g/mol. The molecule has 7 heteroatoms. The largest absolute Gasteiger partial charge is 1.00 e. The van der Waals surface area contributed by atoms with E-state index in [-0.39, 0.29) is 127 Å². The van der Waals surface area contributed by atoms with Crippen molar-refractivity contribution in [2.75, 3.05) is 0 Å². The summed E-state index contributed by atoms with van der Waals surface area (Å²) in [7, 11) is 0. The van der Waals surface area contributed by atoms with Crippen molar-refractivity contribution in [3.05, 3.63) is 0 Å². The van der Waals surface area contributed by atoms with E-state index in [1.165, 1.54) is 0 Å². The summed E-state index contributed by atoms with van der Waals surface area (Å²) in [5.74, 6) is 0.